The second kappa shape index (κ2) is 9.66. The molecule has 0 bridgehead atoms. The quantitative estimate of drug-likeness (QED) is 0.265. The van der Waals surface area contributed by atoms with Crippen LogP contribution in [0.3, 0.4) is 0 Å². The van der Waals surface area contributed by atoms with E-state index in [1.54, 1.807) is 43.3 Å². The molecule has 0 saturated heterocycles. The Labute approximate surface area is 243 Å². The number of hydrogen-bond acceptors (Lipinski definition) is 9. The summed E-state index contributed by atoms with van der Waals surface area (Å²) in [5, 5.41) is 11.2. The SMILES string of the molecule is CCS(=O)(=O)Nc1cc2oc(-c3nnc(C)o3)c(C(=O)NC)c2cc1-c1ccc2c(n1)-c1cc3c(F)cccc3n1CO2. The first-order chi connectivity index (χ1) is 20.7. The van der Waals surface area contributed by atoms with Crippen LogP contribution in [0.1, 0.15) is 23.2 Å². The lowest BCUT2D eigenvalue weighted by Crippen LogP contribution is -2.18. The number of fused-ring (bicyclic) bond motifs is 6. The normalized spacial score (nSPS) is 12.7. The highest BCUT2D eigenvalue weighted by Crippen LogP contribution is 2.42. The summed E-state index contributed by atoms with van der Waals surface area (Å²) in [5.74, 6) is -0.241. The maximum absolute atomic E-state index is 14.6. The standard InChI is InChI=1S/C29H23FN6O6S/c1-4-43(38,39)35-20-12-24-17(25(28(37)31-3)27(42-24)29-34-33-14(2)41-29)10-16(20)19-8-9-23-26(32-19)22-11-15-18(30)6-5-7-21(15)36(22)13-40-23/h5-12,35H,4,13H2,1-3H3,(H,31,37). The summed E-state index contributed by atoms with van der Waals surface area (Å²) in [6.45, 7) is 3.29. The molecule has 14 heteroatoms. The van der Waals surface area contributed by atoms with E-state index in [2.05, 4.69) is 20.2 Å². The van der Waals surface area contributed by atoms with Gasteiger partial charge in [-0.1, -0.05) is 6.07 Å². The maximum atomic E-state index is 14.6. The molecule has 5 heterocycles. The Balaban J connectivity index is 1.48. The van der Waals surface area contributed by atoms with Gasteiger partial charge in [-0.25, -0.2) is 17.8 Å². The Bertz CT molecular complexity index is 2220. The predicted molar refractivity (Wildman–Crippen MR) is 155 cm³/mol. The van der Waals surface area contributed by atoms with Gasteiger partial charge >= 0.3 is 0 Å². The average molecular weight is 603 g/mol. The number of furan rings is 1. The molecule has 7 rings (SSSR count). The topological polar surface area (TPSA) is 154 Å². The van der Waals surface area contributed by atoms with E-state index in [9.17, 15) is 17.6 Å². The van der Waals surface area contributed by atoms with Gasteiger partial charge in [0.2, 0.25) is 21.7 Å². The summed E-state index contributed by atoms with van der Waals surface area (Å²) in [5.41, 5.74) is 3.00. The van der Waals surface area contributed by atoms with Crippen LogP contribution in [-0.4, -0.2) is 46.9 Å². The Hall–Kier alpha value is -5.24. The number of anilines is 1. The van der Waals surface area contributed by atoms with Crippen LogP contribution in [0, 0.1) is 12.7 Å². The third-order valence-electron chi connectivity index (χ3n) is 7.27. The molecule has 2 aromatic carbocycles. The third kappa shape index (κ3) is 4.29. The molecule has 0 spiro atoms. The molecule has 6 aromatic rings. The fourth-order valence-electron chi connectivity index (χ4n) is 5.18. The number of rotatable bonds is 6. The zero-order valence-corrected chi connectivity index (χ0v) is 23.9. The van der Waals surface area contributed by atoms with Crippen molar-refractivity contribution in [3.8, 4) is 40.0 Å². The van der Waals surface area contributed by atoms with E-state index in [1.807, 2.05) is 4.57 Å². The minimum Gasteiger partial charge on any atom is -0.470 e. The Morgan fingerprint density at radius 3 is 2.67 bits per heavy atom. The summed E-state index contributed by atoms with van der Waals surface area (Å²) < 4.78 is 62.1. The van der Waals surface area contributed by atoms with Crippen LogP contribution in [0.15, 0.2) is 57.4 Å². The van der Waals surface area contributed by atoms with Crippen molar-refractivity contribution in [2.45, 2.75) is 20.6 Å². The minimum atomic E-state index is -3.74. The molecule has 0 aliphatic carbocycles. The molecule has 4 aromatic heterocycles. The number of nitrogens with zero attached hydrogens (tertiary/aromatic N) is 4. The number of ether oxygens (including phenoxy) is 1. The van der Waals surface area contributed by atoms with Crippen molar-refractivity contribution in [1.29, 1.82) is 0 Å². The molecule has 0 atom stereocenters. The number of pyridine rings is 1. The van der Waals surface area contributed by atoms with Crippen molar-refractivity contribution in [2.24, 2.45) is 0 Å². The molecule has 0 unspecified atom stereocenters. The lowest BCUT2D eigenvalue weighted by Gasteiger charge is -2.21. The summed E-state index contributed by atoms with van der Waals surface area (Å²) in [4.78, 5) is 18.0. The zero-order valence-electron chi connectivity index (χ0n) is 23.1. The van der Waals surface area contributed by atoms with Crippen molar-refractivity contribution < 1.29 is 31.2 Å². The third-order valence-corrected chi connectivity index (χ3v) is 8.56. The molecule has 12 nitrogen and oxygen atoms in total. The maximum Gasteiger partial charge on any atom is 0.284 e. The first-order valence-electron chi connectivity index (χ1n) is 13.2. The van der Waals surface area contributed by atoms with Gasteiger partial charge in [0.05, 0.1) is 33.9 Å². The minimum absolute atomic E-state index is 0.00588. The first-order valence-corrected chi connectivity index (χ1v) is 14.9. The van der Waals surface area contributed by atoms with Crippen LogP contribution in [0.2, 0.25) is 0 Å². The van der Waals surface area contributed by atoms with E-state index in [0.717, 1.165) is 0 Å². The highest BCUT2D eigenvalue weighted by molar-refractivity contribution is 7.92. The average Bonchev–Trinajstić information content (AvgIpc) is 3.71. The van der Waals surface area contributed by atoms with E-state index in [-0.39, 0.29) is 52.7 Å². The smallest absolute Gasteiger partial charge is 0.284 e. The lowest BCUT2D eigenvalue weighted by atomic mass is 10.0. The van der Waals surface area contributed by atoms with Gasteiger partial charge in [-0.3, -0.25) is 9.52 Å². The monoisotopic (exact) mass is 602 g/mol. The van der Waals surface area contributed by atoms with Crippen molar-refractivity contribution >= 4 is 43.5 Å². The zero-order chi connectivity index (χ0) is 30.0. The molecule has 1 aliphatic rings. The van der Waals surface area contributed by atoms with Gasteiger partial charge in [0, 0.05) is 36.4 Å². The van der Waals surface area contributed by atoms with Gasteiger partial charge in [-0.15, -0.1) is 10.2 Å². The Morgan fingerprint density at radius 1 is 1.09 bits per heavy atom. The van der Waals surface area contributed by atoms with Gasteiger partial charge in [0.15, 0.2) is 6.73 Å². The molecule has 43 heavy (non-hydrogen) atoms. The van der Waals surface area contributed by atoms with E-state index in [1.165, 1.54) is 26.1 Å². The number of nitrogens with one attached hydrogen (secondary N) is 2. The first kappa shape index (κ1) is 26.6. The number of halogens is 1. The van der Waals surface area contributed by atoms with Crippen molar-refractivity contribution in [1.82, 2.24) is 25.1 Å². The number of amides is 1. The number of aryl methyl sites for hydroxylation is 1. The molecule has 0 radical (unpaired) electrons. The van der Waals surface area contributed by atoms with Gasteiger partial charge in [0.1, 0.15) is 22.8 Å². The number of sulfonamides is 1. The molecule has 1 aliphatic heterocycles. The van der Waals surface area contributed by atoms with E-state index >= 15 is 0 Å². The number of aromatic nitrogens is 4. The van der Waals surface area contributed by atoms with Crippen LogP contribution in [-0.2, 0) is 16.8 Å². The second-order valence-corrected chi connectivity index (χ2v) is 11.9. The fourth-order valence-corrected chi connectivity index (χ4v) is 5.83. The van der Waals surface area contributed by atoms with Gasteiger partial charge in [0.25, 0.3) is 11.8 Å². The van der Waals surface area contributed by atoms with Gasteiger partial charge in [-0.05, 0) is 43.3 Å². The molecular formula is C29H23FN6O6S. The van der Waals surface area contributed by atoms with E-state index in [0.29, 0.717) is 44.7 Å². The molecule has 1 amide bonds. The molecule has 218 valence electrons. The fraction of sp³-hybridized carbons (Fsp3) is 0.172. The number of carbonyl (C=O) groups excluding carboxylic acids is 1. The number of carbonyl (C=O) groups is 1. The van der Waals surface area contributed by atoms with Crippen molar-refractivity contribution in [3.63, 3.8) is 0 Å². The second-order valence-electron chi connectivity index (χ2n) is 9.86. The molecule has 0 saturated carbocycles. The van der Waals surface area contributed by atoms with Crippen LogP contribution in [0.4, 0.5) is 10.1 Å². The van der Waals surface area contributed by atoms with Crippen LogP contribution >= 0.6 is 0 Å². The van der Waals surface area contributed by atoms with Crippen LogP contribution in [0.25, 0.3) is 56.2 Å². The van der Waals surface area contributed by atoms with Crippen LogP contribution in [0.5, 0.6) is 5.75 Å². The number of hydrogen-bond donors (Lipinski definition) is 2. The summed E-state index contributed by atoms with van der Waals surface area (Å²) in [6, 6.07) is 13.0. The van der Waals surface area contributed by atoms with Crippen LogP contribution < -0.4 is 14.8 Å². The molecule has 0 fully saturated rings. The number of benzene rings is 2. The summed E-state index contributed by atoms with van der Waals surface area (Å²) >= 11 is 0. The summed E-state index contributed by atoms with van der Waals surface area (Å²) in [6.07, 6.45) is 0. The lowest BCUT2D eigenvalue weighted by molar-refractivity contribution is 0.0964. The predicted octanol–water partition coefficient (Wildman–Crippen LogP) is 5.09. The molecule has 2 N–H and O–H groups in total. The van der Waals surface area contributed by atoms with E-state index in [4.69, 9.17) is 18.6 Å². The van der Waals surface area contributed by atoms with Crippen molar-refractivity contribution in [2.75, 3.05) is 17.5 Å². The largest absolute Gasteiger partial charge is 0.470 e. The van der Waals surface area contributed by atoms with Gasteiger partial charge in [-0.2, -0.15) is 0 Å². The van der Waals surface area contributed by atoms with Crippen molar-refractivity contribution in [3.05, 3.63) is 65.8 Å². The highest BCUT2D eigenvalue weighted by Gasteiger charge is 2.28. The Kier molecular flexibility index (Phi) is 5.99. The highest BCUT2D eigenvalue weighted by atomic mass is 32.2. The van der Waals surface area contributed by atoms with E-state index < -0.39 is 15.9 Å². The summed E-state index contributed by atoms with van der Waals surface area (Å²) in [7, 11) is -2.27. The van der Waals surface area contributed by atoms with Gasteiger partial charge < -0.3 is 23.5 Å². The Morgan fingerprint density at radius 2 is 1.93 bits per heavy atom. The molecular weight excluding hydrogens is 579 g/mol.